The highest BCUT2D eigenvalue weighted by atomic mass is 35.5. The van der Waals surface area contributed by atoms with Gasteiger partial charge in [-0.2, -0.15) is 5.10 Å². The quantitative estimate of drug-likeness (QED) is 0.942. The Morgan fingerprint density at radius 2 is 2.35 bits per heavy atom. The van der Waals surface area contributed by atoms with Gasteiger partial charge in [-0.05, 0) is 30.2 Å². The van der Waals surface area contributed by atoms with Crippen LogP contribution in [0.4, 0.5) is 0 Å². The molecule has 0 fully saturated rings. The third kappa shape index (κ3) is 2.53. The van der Waals surface area contributed by atoms with Gasteiger partial charge in [0.15, 0.2) is 0 Å². The smallest absolute Gasteiger partial charge is 0.126 e. The summed E-state index contributed by atoms with van der Waals surface area (Å²) in [5.74, 6) is 0.885. The highest BCUT2D eigenvalue weighted by Gasteiger charge is 2.20. The van der Waals surface area contributed by atoms with E-state index in [1.807, 2.05) is 25.3 Å². The molecule has 1 unspecified atom stereocenters. The van der Waals surface area contributed by atoms with Gasteiger partial charge in [-0.25, -0.2) is 0 Å². The highest BCUT2D eigenvalue weighted by Crippen LogP contribution is 2.35. The summed E-state index contributed by atoms with van der Waals surface area (Å²) >= 11 is 6.13. The molecule has 2 heterocycles. The Labute approximate surface area is 122 Å². The number of hydrogen-bond donors (Lipinski definition) is 1. The SMILES string of the molecule is CCn1cc(C(O)Cc2cc(Cl)cc3c2OCC3)cn1. The van der Waals surface area contributed by atoms with Gasteiger partial charge >= 0.3 is 0 Å². The lowest BCUT2D eigenvalue weighted by atomic mass is 10.0. The lowest BCUT2D eigenvalue weighted by Crippen LogP contribution is -2.03. The summed E-state index contributed by atoms with van der Waals surface area (Å²) in [6, 6.07) is 3.81. The second-order valence-electron chi connectivity index (χ2n) is 5.00. The number of aromatic nitrogens is 2. The summed E-state index contributed by atoms with van der Waals surface area (Å²) in [6.45, 7) is 3.50. The van der Waals surface area contributed by atoms with Crippen molar-refractivity contribution in [2.24, 2.45) is 0 Å². The van der Waals surface area contributed by atoms with Crippen molar-refractivity contribution >= 4 is 11.6 Å². The van der Waals surface area contributed by atoms with E-state index in [-0.39, 0.29) is 0 Å². The second-order valence-corrected chi connectivity index (χ2v) is 5.44. The summed E-state index contributed by atoms with van der Waals surface area (Å²) in [6.07, 6.45) is 4.35. The maximum absolute atomic E-state index is 10.4. The van der Waals surface area contributed by atoms with Crippen LogP contribution in [-0.4, -0.2) is 21.5 Å². The molecule has 1 aromatic carbocycles. The van der Waals surface area contributed by atoms with E-state index < -0.39 is 6.10 Å². The molecule has 20 heavy (non-hydrogen) atoms. The van der Waals surface area contributed by atoms with Gasteiger partial charge in [0.2, 0.25) is 0 Å². The molecule has 0 aliphatic carbocycles. The standard InChI is InChI=1S/C15H17ClN2O2/c1-2-18-9-12(8-17-18)14(19)7-11-6-13(16)5-10-3-4-20-15(10)11/h5-6,8-9,14,19H,2-4,7H2,1H3. The summed E-state index contributed by atoms with van der Waals surface area (Å²) in [5, 5.41) is 15.2. The zero-order valence-electron chi connectivity index (χ0n) is 11.3. The van der Waals surface area contributed by atoms with Crippen molar-refractivity contribution in [2.45, 2.75) is 32.4 Å². The van der Waals surface area contributed by atoms with E-state index in [9.17, 15) is 5.11 Å². The number of aliphatic hydroxyl groups excluding tert-OH is 1. The first-order chi connectivity index (χ1) is 9.67. The monoisotopic (exact) mass is 292 g/mol. The molecule has 1 atom stereocenters. The average molecular weight is 293 g/mol. The fraction of sp³-hybridized carbons (Fsp3) is 0.400. The van der Waals surface area contributed by atoms with E-state index in [4.69, 9.17) is 16.3 Å². The Hall–Kier alpha value is -1.52. The molecule has 0 bridgehead atoms. The zero-order chi connectivity index (χ0) is 14.1. The van der Waals surface area contributed by atoms with E-state index >= 15 is 0 Å². The van der Waals surface area contributed by atoms with E-state index in [1.165, 1.54) is 0 Å². The highest BCUT2D eigenvalue weighted by molar-refractivity contribution is 6.30. The Kier molecular flexibility index (Phi) is 3.68. The molecule has 1 N–H and O–H groups in total. The zero-order valence-corrected chi connectivity index (χ0v) is 12.1. The van der Waals surface area contributed by atoms with Crippen LogP contribution < -0.4 is 4.74 Å². The first kappa shape index (κ1) is 13.5. The van der Waals surface area contributed by atoms with Gasteiger partial charge in [-0.15, -0.1) is 0 Å². The van der Waals surface area contributed by atoms with Crippen molar-refractivity contribution in [3.05, 3.63) is 46.2 Å². The molecule has 0 saturated carbocycles. The number of nitrogens with zero attached hydrogens (tertiary/aromatic N) is 2. The molecule has 0 saturated heterocycles. The molecule has 0 amide bonds. The molecular weight excluding hydrogens is 276 g/mol. The summed E-state index contributed by atoms with van der Waals surface area (Å²) in [5.41, 5.74) is 2.91. The molecule has 106 valence electrons. The maximum Gasteiger partial charge on any atom is 0.126 e. The van der Waals surface area contributed by atoms with Crippen LogP contribution >= 0.6 is 11.6 Å². The Balaban J connectivity index is 1.84. The molecule has 3 rings (SSSR count). The minimum atomic E-state index is -0.595. The molecule has 0 spiro atoms. The first-order valence-electron chi connectivity index (χ1n) is 6.82. The van der Waals surface area contributed by atoms with E-state index in [0.29, 0.717) is 18.1 Å². The number of hydrogen-bond acceptors (Lipinski definition) is 3. The Bertz CT molecular complexity index is 624. The van der Waals surface area contributed by atoms with Gasteiger partial charge < -0.3 is 9.84 Å². The van der Waals surface area contributed by atoms with Crippen LogP contribution in [0.5, 0.6) is 5.75 Å². The van der Waals surface area contributed by atoms with Gasteiger partial charge in [0.05, 0.1) is 18.9 Å². The van der Waals surface area contributed by atoms with Gasteiger partial charge in [0.1, 0.15) is 5.75 Å². The third-order valence-electron chi connectivity index (χ3n) is 3.60. The topological polar surface area (TPSA) is 47.3 Å². The number of fused-ring (bicyclic) bond motifs is 1. The van der Waals surface area contributed by atoms with Crippen molar-refractivity contribution in [1.82, 2.24) is 9.78 Å². The van der Waals surface area contributed by atoms with E-state index in [1.54, 1.807) is 10.9 Å². The lowest BCUT2D eigenvalue weighted by molar-refractivity contribution is 0.177. The van der Waals surface area contributed by atoms with E-state index in [0.717, 1.165) is 35.4 Å². The fourth-order valence-electron chi connectivity index (χ4n) is 2.55. The van der Waals surface area contributed by atoms with Crippen molar-refractivity contribution in [2.75, 3.05) is 6.61 Å². The number of halogens is 1. The van der Waals surface area contributed by atoms with E-state index in [2.05, 4.69) is 5.10 Å². The number of rotatable bonds is 4. The van der Waals surface area contributed by atoms with Gasteiger partial charge in [0.25, 0.3) is 0 Å². The molecule has 2 aromatic rings. The van der Waals surface area contributed by atoms with Crippen molar-refractivity contribution in [1.29, 1.82) is 0 Å². The third-order valence-corrected chi connectivity index (χ3v) is 3.82. The van der Waals surface area contributed by atoms with Gasteiger partial charge in [0, 0.05) is 36.2 Å². The van der Waals surface area contributed by atoms with Gasteiger partial charge in [-0.1, -0.05) is 11.6 Å². The van der Waals surface area contributed by atoms with Crippen LogP contribution in [0.3, 0.4) is 0 Å². The summed E-state index contributed by atoms with van der Waals surface area (Å²) in [7, 11) is 0. The minimum Gasteiger partial charge on any atom is -0.493 e. The lowest BCUT2D eigenvalue weighted by Gasteiger charge is -2.12. The normalized spacial score (nSPS) is 14.9. The van der Waals surface area contributed by atoms with Crippen LogP contribution in [0.1, 0.15) is 29.7 Å². The van der Waals surface area contributed by atoms with Crippen molar-refractivity contribution in [3.63, 3.8) is 0 Å². The second kappa shape index (κ2) is 5.46. The summed E-state index contributed by atoms with van der Waals surface area (Å²) in [4.78, 5) is 0. The molecule has 1 aromatic heterocycles. The Morgan fingerprint density at radius 3 is 3.10 bits per heavy atom. The van der Waals surface area contributed by atoms with Crippen LogP contribution in [0.15, 0.2) is 24.5 Å². The fourth-order valence-corrected chi connectivity index (χ4v) is 2.81. The van der Waals surface area contributed by atoms with Crippen LogP contribution in [0.2, 0.25) is 5.02 Å². The number of aryl methyl sites for hydroxylation is 1. The van der Waals surface area contributed by atoms with Crippen LogP contribution in [0.25, 0.3) is 0 Å². The predicted octanol–water partition coefficient (Wildman–Crippen LogP) is 2.77. The average Bonchev–Trinajstić information content (AvgIpc) is 3.06. The van der Waals surface area contributed by atoms with Crippen molar-refractivity contribution in [3.8, 4) is 5.75 Å². The van der Waals surface area contributed by atoms with Crippen molar-refractivity contribution < 1.29 is 9.84 Å². The number of aliphatic hydroxyl groups is 1. The van der Waals surface area contributed by atoms with Crippen LogP contribution in [0, 0.1) is 0 Å². The predicted molar refractivity (Wildman–Crippen MR) is 77.2 cm³/mol. The number of benzene rings is 1. The molecule has 0 radical (unpaired) electrons. The van der Waals surface area contributed by atoms with Crippen LogP contribution in [-0.2, 0) is 19.4 Å². The molecular formula is C15H17ClN2O2. The van der Waals surface area contributed by atoms with Gasteiger partial charge in [-0.3, -0.25) is 4.68 Å². The minimum absolute atomic E-state index is 0.484. The Morgan fingerprint density at radius 1 is 1.50 bits per heavy atom. The molecule has 1 aliphatic rings. The summed E-state index contributed by atoms with van der Waals surface area (Å²) < 4.78 is 7.46. The molecule has 5 heteroatoms. The maximum atomic E-state index is 10.4. The number of ether oxygens (including phenoxy) is 1. The largest absolute Gasteiger partial charge is 0.493 e. The molecule has 4 nitrogen and oxygen atoms in total. The molecule has 1 aliphatic heterocycles. The first-order valence-corrected chi connectivity index (χ1v) is 7.19.